The highest BCUT2D eigenvalue weighted by atomic mass is 15.2. The van der Waals surface area contributed by atoms with Gasteiger partial charge in [0, 0.05) is 52.0 Å². The monoisotopic (exact) mass is 326 g/mol. The molecule has 2 aromatic rings. The van der Waals surface area contributed by atoms with Crippen LogP contribution < -0.4 is 4.90 Å². The molecule has 4 rings (SSSR count). The summed E-state index contributed by atoms with van der Waals surface area (Å²) in [7, 11) is 6.10. The molecule has 0 radical (unpaired) electrons. The molecule has 1 fully saturated rings. The van der Waals surface area contributed by atoms with Gasteiger partial charge in [0.2, 0.25) is 5.95 Å². The Bertz CT molecular complexity index is 733. The number of imidazole rings is 1. The number of rotatable bonds is 3. The van der Waals surface area contributed by atoms with Crippen molar-refractivity contribution >= 4 is 5.95 Å². The minimum Gasteiger partial charge on any atom is -0.347 e. The molecular weight excluding hydrogens is 300 g/mol. The third-order valence-electron chi connectivity index (χ3n) is 5.59. The highest BCUT2D eigenvalue weighted by Gasteiger charge is 2.43. The predicted octanol–water partition coefficient (Wildman–Crippen LogP) is 1.76. The number of piperidine rings is 1. The van der Waals surface area contributed by atoms with Gasteiger partial charge in [-0.3, -0.25) is 4.90 Å². The van der Waals surface area contributed by atoms with Gasteiger partial charge >= 0.3 is 0 Å². The fraction of sp³-hybridized carbons (Fsp3) is 0.611. The highest BCUT2D eigenvalue weighted by Crippen LogP contribution is 2.44. The van der Waals surface area contributed by atoms with Gasteiger partial charge in [-0.05, 0) is 37.8 Å². The SMILES string of the molecule is CN(C)c1ncc2c(n1)C1(CCCN(Cc3cncn3C)C1)CC2. The van der Waals surface area contributed by atoms with Gasteiger partial charge in [0.25, 0.3) is 0 Å². The van der Waals surface area contributed by atoms with Gasteiger partial charge in [-0.15, -0.1) is 0 Å². The average molecular weight is 326 g/mol. The number of aromatic nitrogens is 4. The minimum atomic E-state index is 0.208. The van der Waals surface area contributed by atoms with Crippen LogP contribution in [0.2, 0.25) is 0 Å². The first-order valence-corrected chi connectivity index (χ1v) is 8.79. The van der Waals surface area contributed by atoms with Crippen molar-refractivity contribution in [2.45, 2.75) is 37.6 Å². The normalized spacial score (nSPS) is 23.6. The van der Waals surface area contributed by atoms with E-state index in [1.54, 1.807) is 0 Å². The van der Waals surface area contributed by atoms with E-state index in [2.05, 4.69) is 26.5 Å². The van der Waals surface area contributed by atoms with Crippen LogP contribution in [0.5, 0.6) is 0 Å². The average Bonchev–Trinajstić information content (AvgIpc) is 3.12. The van der Waals surface area contributed by atoms with E-state index in [4.69, 9.17) is 4.98 Å². The summed E-state index contributed by atoms with van der Waals surface area (Å²) in [4.78, 5) is 18.3. The Morgan fingerprint density at radius 1 is 1.25 bits per heavy atom. The van der Waals surface area contributed by atoms with Crippen molar-refractivity contribution in [3.05, 3.63) is 35.7 Å². The molecule has 1 aliphatic carbocycles. The summed E-state index contributed by atoms with van der Waals surface area (Å²) in [6, 6.07) is 0. The lowest BCUT2D eigenvalue weighted by atomic mass is 9.77. The Hall–Kier alpha value is -1.95. The third-order valence-corrected chi connectivity index (χ3v) is 5.59. The summed E-state index contributed by atoms with van der Waals surface area (Å²) >= 11 is 0. The molecule has 0 aromatic carbocycles. The van der Waals surface area contributed by atoms with Crippen LogP contribution >= 0.6 is 0 Å². The maximum Gasteiger partial charge on any atom is 0.225 e. The molecule has 0 amide bonds. The summed E-state index contributed by atoms with van der Waals surface area (Å²) < 4.78 is 2.12. The fourth-order valence-corrected chi connectivity index (χ4v) is 4.27. The number of likely N-dealkylation sites (tertiary alicyclic amines) is 1. The first kappa shape index (κ1) is 15.6. The van der Waals surface area contributed by atoms with E-state index in [9.17, 15) is 0 Å². The van der Waals surface area contributed by atoms with Crippen LogP contribution in [0.25, 0.3) is 0 Å². The van der Waals surface area contributed by atoms with Crippen molar-refractivity contribution in [2.75, 3.05) is 32.1 Å². The predicted molar refractivity (Wildman–Crippen MR) is 94.1 cm³/mol. The molecule has 1 aliphatic heterocycles. The third kappa shape index (κ3) is 2.59. The van der Waals surface area contributed by atoms with Gasteiger partial charge in [0.1, 0.15) is 0 Å². The number of anilines is 1. The van der Waals surface area contributed by atoms with E-state index in [1.807, 2.05) is 37.7 Å². The molecule has 1 atom stereocenters. The summed E-state index contributed by atoms with van der Waals surface area (Å²) in [6.45, 7) is 3.22. The lowest BCUT2D eigenvalue weighted by molar-refractivity contribution is 0.134. The van der Waals surface area contributed by atoms with E-state index in [-0.39, 0.29) is 5.41 Å². The molecule has 3 heterocycles. The largest absolute Gasteiger partial charge is 0.347 e. The van der Waals surface area contributed by atoms with Crippen LogP contribution in [0, 0.1) is 0 Å². The van der Waals surface area contributed by atoms with Crippen molar-refractivity contribution in [3.63, 3.8) is 0 Å². The highest BCUT2D eigenvalue weighted by molar-refractivity contribution is 5.39. The zero-order valence-corrected chi connectivity index (χ0v) is 14.9. The second-order valence-electron chi connectivity index (χ2n) is 7.53. The van der Waals surface area contributed by atoms with Crippen LogP contribution in [0.1, 0.15) is 36.2 Å². The number of fused-ring (bicyclic) bond motifs is 2. The van der Waals surface area contributed by atoms with Gasteiger partial charge in [-0.2, -0.15) is 0 Å². The molecule has 128 valence electrons. The van der Waals surface area contributed by atoms with Crippen molar-refractivity contribution < 1.29 is 0 Å². The Kier molecular flexibility index (Phi) is 3.79. The Labute approximate surface area is 143 Å². The maximum absolute atomic E-state index is 4.95. The molecule has 2 aliphatic rings. The molecule has 1 spiro atoms. The molecular formula is C18H26N6. The quantitative estimate of drug-likeness (QED) is 0.860. The van der Waals surface area contributed by atoms with E-state index < -0.39 is 0 Å². The van der Waals surface area contributed by atoms with Crippen LogP contribution in [-0.2, 0) is 25.4 Å². The molecule has 1 unspecified atom stereocenters. The van der Waals surface area contributed by atoms with E-state index >= 15 is 0 Å². The van der Waals surface area contributed by atoms with Crippen molar-refractivity contribution in [3.8, 4) is 0 Å². The first-order chi connectivity index (χ1) is 11.6. The molecule has 2 aromatic heterocycles. The van der Waals surface area contributed by atoms with Crippen molar-refractivity contribution in [1.29, 1.82) is 0 Å². The summed E-state index contributed by atoms with van der Waals surface area (Å²) in [6.07, 6.45) is 10.7. The van der Waals surface area contributed by atoms with Gasteiger partial charge < -0.3 is 9.47 Å². The van der Waals surface area contributed by atoms with Crippen LogP contribution in [0.3, 0.4) is 0 Å². The number of hydrogen-bond acceptors (Lipinski definition) is 5. The Morgan fingerprint density at radius 3 is 2.88 bits per heavy atom. The topological polar surface area (TPSA) is 50.1 Å². The molecule has 6 nitrogen and oxygen atoms in total. The van der Waals surface area contributed by atoms with Crippen LogP contribution in [-0.4, -0.2) is 51.6 Å². The van der Waals surface area contributed by atoms with E-state index in [1.165, 1.54) is 36.2 Å². The molecule has 24 heavy (non-hydrogen) atoms. The second kappa shape index (κ2) is 5.84. The van der Waals surface area contributed by atoms with E-state index in [0.29, 0.717) is 0 Å². The smallest absolute Gasteiger partial charge is 0.225 e. The van der Waals surface area contributed by atoms with Crippen molar-refractivity contribution in [2.24, 2.45) is 7.05 Å². The maximum atomic E-state index is 4.95. The Morgan fingerprint density at radius 2 is 2.12 bits per heavy atom. The molecule has 1 saturated heterocycles. The number of aryl methyl sites for hydroxylation is 2. The molecule has 6 heteroatoms. The van der Waals surface area contributed by atoms with Crippen LogP contribution in [0.4, 0.5) is 5.95 Å². The molecule has 0 saturated carbocycles. The van der Waals surface area contributed by atoms with Gasteiger partial charge in [-0.25, -0.2) is 15.0 Å². The zero-order valence-electron chi connectivity index (χ0n) is 14.9. The summed E-state index contributed by atoms with van der Waals surface area (Å²) in [5, 5.41) is 0. The standard InChI is InChI=1S/C18H26N6/c1-22(2)17-20-9-14-5-7-18(16(14)21-17)6-4-8-24(12-18)11-15-10-19-13-23(15)3/h9-10,13H,4-8,11-12H2,1-3H3. The zero-order chi connectivity index (χ0) is 16.7. The minimum absolute atomic E-state index is 0.208. The lowest BCUT2D eigenvalue weighted by Gasteiger charge is -2.40. The fourth-order valence-electron chi connectivity index (χ4n) is 4.27. The van der Waals surface area contributed by atoms with Gasteiger partial charge in [-0.1, -0.05) is 0 Å². The number of nitrogens with zero attached hydrogens (tertiary/aromatic N) is 6. The van der Waals surface area contributed by atoms with E-state index in [0.717, 1.165) is 32.0 Å². The first-order valence-electron chi connectivity index (χ1n) is 8.79. The van der Waals surface area contributed by atoms with Gasteiger partial charge in [0.15, 0.2) is 0 Å². The summed E-state index contributed by atoms with van der Waals surface area (Å²) in [5.74, 6) is 0.832. The number of hydrogen-bond donors (Lipinski definition) is 0. The molecule has 0 bridgehead atoms. The second-order valence-corrected chi connectivity index (χ2v) is 7.53. The lowest BCUT2D eigenvalue weighted by Crippen LogP contribution is -2.45. The van der Waals surface area contributed by atoms with Crippen LogP contribution in [0.15, 0.2) is 18.7 Å². The molecule has 0 N–H and O–H groups in total. The van der Waals surface area contributed by atoms with Crippen molar-refractivity contribution in [1.82, 2.24) is 24.4 Å². The van der Waals surface area contributed by atoms with Gasteiger partial charge in [0.05, 0.1) is 17.7 Å². The summed E-state index contributed by atoms with van der Waals surface area (Å²) in [5.41, 5.74) is 4.14. The Balaban J connectivity index is 1.60.